The van der Waals surface area contributed by atoms with Gasteiger partial charge in [0.25, 0.3) is 0 Å². The van der Waals surface area contributed by atoms with Gasteiger partial charge in [-0.15, -0.1) is 0 Å². The minimum absolute atomic E-state index is 0.0380. The standard InChI is InChI=1S/C38H56ClN7O4Si/c1-25(2)44-15-17-45(18-16-44)31-21-32(48-10)30(20-28(31)39)43-34-40-14-13-29(42-34)26-19-27-33(41-22-26)46(35(47)50-36(3,4)5)23-38(27,9)24-49-51(11,12)37(6,7)8/h13-14,19-22,25H,15-18,23-24H2,1-12H3,(H,40,42,43). The number of nitrogens with zero attached hydrogens (tertiary/aromatic N) is 6. The minimum Gasteiger partial charge on any atom is -0.494 e. The van der Waals surface area contributed by atoms with Crippen LogP contribution in [-0.4, -0.2) is 92.3 Å². The highest BCUT2D eigenvalue weighted by Gasteiger charge is 2.47. The Morgan fingerprint density at radius 2 is 1.75 bits per heavy atom. The predicted octanol–water partition coefficient (Wildman–Crippen LogP) is 8.51. The highest BCUT2D eigenvalue weighted by Crippen LogP contribution is 2.45. The van der Waals surface area contributed by atoms with Gasteiger partial charge in [-0.05, 0) is 71.0 Å². The molecule has 0 bridgehead atoms. The summed E-state index contributed by atoms with van der Waals surface area (Å²) in [5, 5.41) is 3.99. The van der Waals surface area contributed by atoms with Crippen molar-refractivity contribution in [2.75, 3.05) is 61.6 Å². The third-order valence-corrected chi connectivity index (χ3v) is 15.1. The summed E-state index contributed by atoms with van der Waals surface area (Å²) in [6.45, 7) is 27.9. The van der Waals surface area contributed by atoms with E-state index in [9.17, 15) is 4.79 Å². The maximum absolute atomic E-state index is 13.4. The second-order valence-electron chi connectivity index (χ2n) is 16.8. The van der Waals surface area contributed by atoms with Crippen LogP contribution in [0, 0.1) is 0 Å². The van der Waals surface area contributed by atoms with Crippen LogP contribution in [0.4, 0.5) is 27.9 Å². The maximum Gasteiger partial charge on any atom is 0.416 e. The molecule has 2 aliphatic rings. The number of fused-ring (bicyclic) bond motifs is 1. The van der Waals surface area contributed by atoms with E-state index in [1.165, 1.54) is 0 Å². The molecule has 278 valence electrons. The minimum atomic E-state index is -2.09. The van der Waals surface area contributed by atoms with Gasteiger partial charge < -0.3 is 24.1 Å². The second-order valence-corrected chi connectivity index (χ2v) is 22.0. The lowest BCUT2D eigenvalue weighted by Gasteiger charge is -2.39. The van der Waals surface area contributed by atoms with E-state index in [1.807, 2.05) is 39.0 Å². The van der Waals surface area contributed by atoms with Gasteiger partial charge in [0.05, 0.1) is 29.2 Å². The number of carbonyl (C=O) groups excluding carboxylic acids is 1. The Morgan fingerprint density at radius 1 is 1.06 bits per heavy atom. The number of aromatic nitrogens is 3. The van der Waals surface area contributed by atoms with Crippen molar-refractivity contribution in [3.05, 3.63) is 47.2 Å². The van der Waals surface area contributed by atoms with Crippen molar-refractivity contribution in [2.45, 2.75) is 97.5 Å². The normalized spacial score (nSPS) is 18.6. The van der Waals surface area contributed by atoms with Crippen molar-refractivity contribution >= 4 is 49.2 Å². The number of hydrogen-bond donors (Lipinski definition) is 1. The fraction of sp³-hybridized carbons (Fsp3) is 0.579. The van der Waals surface area contributed by atoms with Crippen molar-refractivity contribution in [1.29, 1.82) is 0 Å². The van der Waals surface area contributed by atoms with Crippen LogP contribution in [0.5, 0.6) is 5.75 Å². The highest BCUT2D eigenvalue weighted by atomic mass is 35.5. The zero-order valence-corrected chi connectivity index (χ0v) is 34.2. The largest absolute Gasteiger partial charge is 0.494 e. The SMILES string of the molecule is COc1cc(N2CCN(C(C)C)CC2)c(Cl)cc1Nc1nccc(-c2cnc3c(c2)C(C)(CO[Si](C)(C)C(C)(C)C)CN3C(=O)OC(C)(C)C)n1. The number of pyridine rings is 1. The van der Waals surface area contributed by atoms with E-state index < -0.39 is 25.4 Å². The Kier molecular flexibility index (Phi) is 11.0. The molecule has 5 rings (SSSR count). The number of ether oxygens (including phenoxy) is 2. The van der Waals surface area contributed by atoms with E-state index in [4.69, 9.17) is 35.5 Å². The van der Waals surface area contributed by atoms with Gasteiger partial charge in [-0.25, -0.2) is 19.7 Å². The van der Waals surface area contributed by atoms with Crippen LogP contribution in [0.1, 0.15) is 67.9 Å². The smallest absolute Gasteiger partial charge is 0.416 e. The quantitative estimate of drug-likeness (QED) is 0.215. The molecule has 1 atom stereocenters. The number of amides is 1. The summed E-state index contributed by atoms with van der Waals surface area (Å²) in [7, 11) is -0.444. The number of carbonyl (C=O) groups is 1. The maximum atomic E-state index is 13.4. The number of halogens is 1. The molecule has 2 aliphatic heterocycles. The predicted molar refractivity (Wildman–Crippen MR) is 210 cm³/mol. The molecule has 2 aromatic heterocycles. The Hall–Kier alpha value is -3.45. The molecule has 1 saturated heterocycles. The summed E-state index contributed by atoms with van der Waals surface area (Å²) in [5.74, 6) is 1.61. The molecule has 1 aromatic carbocycles. The van der Waals surface area contributed by atoms with E-state index in [-0.39, 0.29) is 5.04 Å². The van der Waals surface area contributed by atoms with Gasteiger partial charge in [-0.2, -0.15) is 0 Å². The summed E-state index contributed by atoms with van der Waals surface area (Å²) in [4.78, 5) is 34.1. The third kappa shape index (κ3) is 8.61. The molecule has 1 unspecified atom stereocenters. The van der Waals surface area contributed by atoms with Crippen LogP contribution in [0.25, 0.3) is 11.3 Å². The molecule has 1 N–H and O–H groups in total. The van der Waals surface area contributed by atoms with E-state index in [2.05, 4.69) is 80.8 Å². The molecule has 11 nitrogen and oxygen atoms in total. The first kappa shape index (κ1) is 38.8. The van der Waals surface area contributed by atoms with Crippen molar-refractivity contribution in [3.8, 4) is 17.0 Å². The molecule has 0 aliphatic carbocycles. The number of anilines is 4. The van der Waals surface area contributed by atoms with E-state index in [0.29, 0.717) is 53.1 Å². The van der Waals surface area contributed by atoms with Crippen molar-refractivity contribution in [2.24, 2.45) is 0 Å². The van der Waals surface area contributed by atoms with E-state index in [1.54, 1.807) is 24.4 Å². The molecule has 0 spiro atoms. The zero-order chi connectivity index (χ0) is 37.5. The Morgan fingerprint density at radius 3 is 2.35 bits per heavy atom. The summed E-state index contributed by atoms with van der Waals surface area (Å²) in [6, 6.07) is 8.29. The van der Waals surface area contributed by atoms with Gasteiger partial charge in [0.2, 0.25) is 5.95 Å². The van der Waals surface area contributed by atoms with Crippen LogP contribution in [0.2, 0.25) is 23.2 Å². The molecule has 1 fully saturated rings. The molecule has 0 radical (unpaired) electrons. The summed E-state index contributed by atoms with van der Waals surface area (Å²) >= 11 is 6.87. The van der Waals surface area contributed by atoms with Crippen LogP contribution in [-0.2, 0) is 14.6 Å². The first-order chi connectivity index (χ1) is 23.7. The molecule has 3 aromatic rings. The summed E-state index contributed by atoms with van der Waals surface area (Å²) in [5.41, 5.74) is 2.83. The Labute approximate surface area is 310 Å². The van der Waals surface area contributed by atoms with E-state index >= 15 is 0 Å². The van der Waals surface area contributed by atoms with Crippen LogP contribution in [0.3, 0.4) is 0 Å². The number of benzene rings is 1. The van der Waals surface area contributed by atoms with Crippen LogP contribution < -0.4 is 19.9 Å². The summed E-state index contributed by atoms with van der Waals surface area (Å²) < 4.78 is 18.4. The Balaban J connectivity index is 1.43. The first-order valence-electron chi connectivity index (χ1n) is 17.8. The number of rotatable bonds is 9. The topological polar surface area (TPSA) is 105 Å². The monoisotopic (exact) mass is 737 g/mol. The van der Waals surface area contributed by atoms with Gasteiger partial charge in [0, 0.05) is 80.4 Å². The number of piperazine rings is 1. The average Bonchev–Trinajstić information content (AvgIpc) is 3.35. The first-order valence-corrected chi connectivity index (χ1v) is 21.1. The van der Waals surface area contributed by atoms with E-state index in [0.717, 1.165) is 43.0 Å². The lowest BCUT2D eigenvalue weighted by Crippen LogP contribution is -2.49. The molecular weight excluding hydrogens is 682 g/mol. The van der Waals surface area contributed by atoms with Crippen molar-refractivity contribution in [3.63, 3.8) is 0 Å². The Bertz CT molecular complexity index is 1730. The molecule has 1 amide bonds. The highest BCUT2D eigenvalue weighted by molar-refractivity contribution is 6.74. The van der Waals surface area contributed by atoms with Gasteiger partial charge >= 0.3 is 6.09 Å². The lowest BCUT2D eigenvalue weighted by atomic mass is 9.85. The second kappa shape index (κ2) is 14.5. The van der Waals surface area contributed by atoms with Gasteiger partial charge in [0.15, 0.2) is 8.32 Å². The molecule has 4 heterocycles. The van der Waals surface area contributed by atoms with Gasteiger partial charge in [-0.3, -0.25) is 9.80 Å². The van der Waals surface area contributed by atoms with Gasteiger partial charge in [0.1, 0.15) is 17.2 Å². The molecular formula is C38H56ClN7O4Si. The zero-order valence-electron chi connectivity index (χ0n) is 32.5. The fourth-order valence-electron chi connectivity index (χ4n) is 6.14. The number of methoxy groups -OCH3 is 1. The van der Waals surface area contributed by atoms with Crippen molar-refractivity contribution in [1.82, 2.24) is 19.9 Å². The number of hydrogen-bond acceptors (Lipinski definition) is 10. The third-order valence-electron chi connectivity index (χ3n) is 10.3. The molecule has 0 saturated carbocycles. The van der Waals surface area contributed by atoms with Crippen LogP contribution >= 0.6 is 11.6 Å². The average molecular weight is 738 g/mol. The number of nitrogens with one attached hydrogen (secondary N) is 1. The summed E-state index contributed by atoms with van der Waals surface area (Å²) in [6.07, 6.45) is 3.03. The van der Waals surface area contributed by atoms with Crippen LogP contribution in [0.15, 0.2) is 36.7 Å². The lowest BCUT2D eigenvalue weighted by molar-refractivity contribution is 0.0574. The van der Waals surface area contributed by atoms with Gasteiger partial charge in [-0.1, -0.05) is 39.3 Å². The molecule has 51 heavy (non-hydrogen) atoms. The fourth-order valence-corrected chi connectivity index (χ4v) is 7.54. The van der Waals surface area contributed by atoms with Crippen molar-refractivity contribution < 1.29 is 18.7 Å². The molecule has 13 heteroatoms.